The lowest BCUT2D eigenvalue weighted by atomic mass is 9.32. The first-order chi connectivity index (χ1) is 17.7. The van der Waals surface area contributed by atoms with Crippen LogP contribution in [-0.2, 0) is 9.53 Å². The molecule has 0 aromatic carbocycles. The van der Waals surface area contributed by atoms with Gasteiger partial charge in [-0.1, -0.05) is 46.8 Å². The zero-order valence-electron chi connectivity index (χ0n) is 24.9. The summed E-state index contributed by atoms with van der Waals surface area (Å²) in [6.45, 7) is 18.3. The molecule has 0 aliphatic heterocycles. The molecular weight excluding hydrogens is 476 g/mol. The maximum atomic E-state index is 13.8. The van der Waals surface area contributed by atoms with Crippen LogP contribution in [0.5, 0.6) is 0 Å². The highest BCUT2D eigenvalue weighted by molar-refractivity contribution is 5.78. The van der Waals surface area contributed by atoms with Gasteiger partial charge in [0.2, 0.25) is 0 Å². The van der Waals surface area contributed by atoms with Crippen LogP contribution in [0.3, 0.4) is 0 Å². The van der Waals surface area contributed by atoms with Crippen LogP contribution in [0.1, 0.15) is 106 Å². The Balaban J connectivity index is 1.51. The van der Waals surface area contributed by atoms with Gasteiger partial charge in [-0.25, -0.2) is 0 Å². The molecule has 0 aromatic rings. The van der Waals surface area contributed by atoms with Gasteiger partial charge < -0.3 is 20.1 Å². The first-order valence-corrected chi connectivity index (χ1v) is 15.5. The number of aliphatic hydroxyl groups is 3. The predicted molar refractivity (Wildman–Crippen MR) is 149 cm³/mol. The lowest BCUT2D eigenvalue weighted by Crippen LogP contribution is -2.67. The van der Waals surface area contributed by atoms with Gasteiger partial charge in [0.15, 0.2) is 0 Å². The van der Waals surface area contributed by atoms with Crippen molar-refractivity contribution in [2.75, 3.05) is 13.2 Å². The summed E-state index contributed by atoms with van der Waals surface area (Å²) < 4.78 is 5.73. The van der Waals surface area contributed by atoms with E-state index >= 15 is 0 Å². The monoisotopic (exact) mass is 530 g/mol. The first kappa shape index (κ1) is 28.6. The summed E-state index contributed by atoms with van der Waals surface area (Å²) in [4.78, 5) is 13.8. The molecule has 5 nitrogen and oxygen atoms in total. The quantitative estimate of drug-likeness (QED) is 0.304. The molecule has 11 atom stereocenters. The molecule has 0 amide bonds. The Morgan fingerprint density at radius 3 is 2.29 bits per heavy atom. The molecule has 3 N–H and O–H groups in total. The van der Waals surface area contributed by atoms with Gasteiger partial charge in [-0.15, -0.1) is 0 Å². The maximum absolute atomic E-state index is 13.8. The highest BCUT2D eigenvalue weighted by Gasteiger charge is 2.72. The molecule has 5 aliphatic rings. The molecule has 0 bridgehead atoms. The largest absolute Gasteiger partial charge is 0.462 e. The number of carbonyl (C=O) groups is 1. The number of esters is 1. The number of rotatable bonds is 5. The normalized spacial score (nSPS) is 50.1. The summed E-state index contributed by atoms with van der Waals surface area (Å²) in [5.41, 5.74) is 1.21. The number of aliphatic hydroxyl groups excluding tert-OH is 3. The molecular formula is C33H54O5. The van der Waals surface area contributed by atoms with E-state index in [1.54, 1.807) is 0 Å². The minimum Gasteiger partial charge on any atom is -0.462 e. The fraction of sp³-hybridized carbons (Fsp3) is 0.909. The third-order valence-corrected chi connectivity index (χ3v) is 14.1. The number of hydrogen-bond donors (Lipinski definition) is 3. The van der Waals surface area contributed by atoms with Gasteiger partial charge in [-0.05, 0) is 122 Å². The molecule has 5 saturated carbocycles. The standard InChI is InChI=1S/C33H54O5/c1-20(2)22-10-15-33(28(37)38-19-21(35)18-34)17-16-31(6)23(27(22)33)8-9-25-30(5)13-12-26(36)29(3,4)24(30)11-14-32(25,31)7/h21-27,34-36H,1,8-19H2,2-7H3/t21-,22+,23-,24+,25-,26+,27-,30+,31-,32-,33+/m1/s1. The van der Waals surface area contributed by atoms with Crippen LogP contribution in [0.25, 0.3) is 0 Å². The van der Waals surface area contributed by atoms with E-state index < -0.39 is 18.1 Å². The van der Waals surface area contributed by atoms with Crippen LogP contribution < -0.4 is 0 Å². The smallest absolute Gasteiger partial charge is 0.312 e. The summed E-state index contributed by atoms with van der Waals surface area (Å²) in [7, 11) is 0. The van der Waals surface area contributed by atoms with Crippen LogP contribution in [0, 0.1) is 56.7 Å². The Labute approximate surface area is 230 Å². The topological polar surface area (TPSA) is 87.0 Å². The average Bonchev–Trinajstić information content (AvgIpc) is 3.26. The van der Waals surface area contributed by atoms with E-state index in [1.807, 2.05) is 0 Å². The second-order valence-corrected chi connectivity index (χ2v) is 15.7. The van der Waals surface area contributed by atoms with E-state index in [1.165, 1.54) is 24.8 Å². The van der Waals surface area contributed by atoms with Crippen molar-refractivity contribution in [3.8, 4) is 0 Å². The van der Waals surface area contributed by atoms with Crippen molar-refractivity contribution >= 4 is 5.97 Å². The van der Waals surface area contributed by atoms with Gasteiger partial charge in [-0.3, -0.25) is 4.79 Å². The minimum atomic E-state index is -1.02. The van der Waals surface area contributed by atoms with E-state index in [-0.39, 0.29) is 46.3 Å². The fourth-order valence-electron chi connectivity index (χ4n) is 11.9. The Bertz CT molecular complexity index is 959. The summed E-state index contributed by atoms with van der Waals surface area (Å²) in [5.74, 6) is 2.01. The van der Waals surface area contributed by atoms with Crippen molar-refractivity contribution < 1.29 is 24.9 Å². The molecule has 38 heavy (non-hydrogen) atoms. The maximum Gasteiger partial charge on any atom is 0.312 e. The Morgan fingerprint density at radius 1 is 0.921 bits per heavy atom. The van der Waals surface area contributed by atoms with Crippen molar-refractivity contribution in [3.05, 3.63) is 12.2 Å². The summed E-state index contributed by atoms with van der Waals surface area (Å²) >= 11 is 0. The number of allylic oxidation sites excluding steroid dienone is 1. The average molecular weight is 531 g/mol. The van der Waals surface area contributed by atoms with Gasteiger partial charge in [-0.2, -0.15) is 0 Å². The number of carbonyl (C=O) groups excluding carboxylic acids is 1. The van der Waals surface area contributed by atoms with E-state index in [0.717, 1.165) is 44.9 Å². The van der Waals surface area contributed by atoms with Crippen LogP contribution in [0.4, 0.5) is 0 Å². The molecule has 0 spiro atoms. The second kappa shape index (κ2) is 9.31. The predicted octanol–water partition coefficient (Wildman–Crippen LogP) is 5.90. The molecule has 0 heterocycles. The SMILES string of the molecule is C=C(C)[C@@H]1CC[C@]2(C(=O)OC[C@H](O)CO)CC[C@]3(C)[C@H](CC[C@@H]4[C@@]5(C)CC[C@H](O)C(C)(C)[C@@H]5CC[C@]43C)[C@@H]12. The molecule has 0 aromatic heterocycles. The van der Waals surface area contributed by atoms with Gasteiger partial charge in [0, 0.05) is 0 Å². The van der Waals surface area contributed by atoms with Crippen molar-refractivity contribution in [1.82, 2.24) is 0 Å². The van der Waals surface area contributed by atoms with E-state index in [0.29, 0.717) is 23.7 Å². The number of ether oxygens (including phenoxy) is 1. The van der Waals surface area contributed by atoms with Gasteiger partial charge in [0.05, 0.1) is 18.1 Å². The van der Waals surface area contributed by atoms with Crippen molar-refractivity contribution in [2.45, 2.75) is 118 Å². The summed E-state index contributed by atoms with van der Waals surface area (Å²) in [5, 5.41) is 30.1. The zero-order chi connectivity index (χ0) is 27.9. The lowest BCUT2D eigenvalue weighted by molar-refractivity contribution is -0.248. The van der Waals surface area contributed by atoms with Crippen LogP contribution >= 0.6 is 0 Å². The van der Waals surface area contributed by atoms with Gasteiger partial charge in [0.1, 0.15) is 12.7 Å². The van der Waals surface area contributed by atoms with Gasteiger partial charge >= 0.3 is 5.97 Å². The van der Waals surface area contributed by atoms with Crippen LogP contribution in [0.2, 0.25) is 0 Å². The number of hydrogen-bond acceptors (Lipinski definition) is 5. The molecule has 5 fully saturated rings. The van der Waals surface area contributed by atoms with Crippen LogP contribution in [0.15, 0.2) is 12.2 Å². The van der Waals surface area contributed by atoms with Crippen LogP contribution in [-0.4, -0.2) is 46.7 Å². The Kier molecular flexibility index (Phi) is 7.01. The Hall–Kier alpha value is -0.910. The van der Waals surface area contributed by atoms with Crippen molar-refractivity contribution in [2.24, 2.45) is 56.7 Å². The first-order valence-electron chi connectivity index (χ1n) is 15.5. The summed E-state index contributed by atoms with van der Waals surface area (Å²) in [6, 6.07) is 0. The van der Waals surface area contributed by atoms with E-state index in [9.17, 15) is 20.1 Å². The molecule has 0 radical (unpaired) electrons. The van der Waals surface area contributed by atoms with E-state index in [2.05, 4.69) is 48.1 Å². The zero-order valence-corrected chi connectivity index (χ0v) is 24.9. The molecule has 0 unspecified atom stereocenters. The van der Waals surface area contributed by atoms with E-state index in [4.69, 9.17) is 4.74 Å². The van der Waals surface area contributed by atoms with Crippen molar-refractivity contribution in [1.29, 1.82) is 0 Å². The molecule has 5 rings (SSSR count). The summed E-state index contributed by atoms with van der Waals surface area (Å²) in [6.07, 6.45) is 9.20. The highest BCUT2D eigenvalue weighted by Crippen LogP contribution is 2.77. The lowest BCUT2D eigenvalue weighted by Gasteiger charge is -2.72. The third kappa shape index (κ3) is 3.69. The van der Waals surface area contributed by atoms with Crippen molar-refractivity contribution in [3.63, 3.8) is 0 Å². The minimum absolute atomic E-state index is 0.0484. The molecule has 0 saturated heterocycles. The molecule has 5 heteroatoms. The van der Waals surface area contributed by atoms with Gasteiger partial charge in [0.25, 0.3) is 0 Å². The Morgan fingerprint density at radius 2 is 1.63 bits per heavy atom. The third-order valence-electron chi connectivity index (χ3n) is 14.1. The fourth-order valence-corrected chi connectivity index (χ4v) is 11.9. The highest BCUT2D eigenvalue weighted by atomic mass is 16.5. The number of fused-ring (bicyclic) bond motifs is 7. The molecule has 216 valence electrons. The molecule has 5 aliphatic carbocycles. The second-order valence-electron chi connectivity index (χ2n) is 15.7.